The predicted octanol–water partition coefficient (Wildman–Crippen LogP) is 2.02. The summed E-state index contributed by atoms with van der Waals surface area (Å²) in [7, 11) is 0. The molecule has 2 heteroatoms. The third kappa shape index (κ3) is 3.13. The second kappa shape index (κ2) is 5.78. The van der Waals surface area contributed by atoms with E-state index in [9.17, 15) is 0 Å². The second-order valence-electron chi connectivity index (χ2n) is 3.57. The first-order valence-corrected chi connectivity index (χ1v) is 5.23. The van der Waals surface area contributed by atoms with Gasteiger partial charge in [-0.15, -0.1) is 0 Å². The second-order valence-corrected chi connectivity index (χ2v) is 3.57. The Kier molecular flexibility index (Phi) is 4.63. The van der Waals surface area contributed by atoms with Gasteiger partial charge in [-0.2, -0.15) is 0 Å². The zero-order chi connectivity index (χ0) is 10.4. The third-order valence-corrected chi connectivity index (χ3v) is 2.49. The van der Waals surface area contributed by atoms with Crippen LogP contribution in [0.25, 0.3) is 0 Å². The summed E-state index contributed by atoms with van der Waals surface area (Å²) in [6.07, 6.45) is 2.69. The maximum absolute atomic E-state index is 8.69. The smallest absolute Gasteiger partial charge is 0.0431 e. The lowest BCUT2D eigenvalue weighted by Gasteiger charge is -2.11. The zero-order valence-corrected chi connectivity index (χ0v) is 8.74. The van der Waals surface area contributed by atoms with Crippen LogP contribution < -0.4 is 5.73 Å². The van der Waals surface area contributed by atoms with E-state index in [4.69, 9.17) is 10.8 Å². The number of aryl methyl sites for hydroxylation is 1. The highest BCUT2D eigenvalue weighted by atomic mass is 16.2. The highest BCUT2D eigenvalue weighted by molar-refractivity contribution is 5.24. The van der Waals surface area contributed by atoms with E-state index in [0.29, 0.717) is 0 Å². The molecule has 1 aromatic rings. The summed E-state index contributed by atoms with van der Waals surface area (Å²) in [6.45, 7) is 2.36. The molecule has 1 rings (SSSR count). The first-order valence-electron chi connectivity index (χ1n) is 5.23. The molecule has 0 amide bonds. The molecular formula is C12H19NO. The van der Waals surface area contributed by atoms with Crippen LogP contribution in [-0.2, 0) is 6.42 Å². The Labute approximate surface area is 85.8 Å². The van der Waals surface area contributed by atoms with Gasteiger partial charge >= 0.3 is 0 Å². The van der Waals surface area contributed by atoms with Crippen molar-refractivity contribution >= 4 is 0 Å². The monoisotopic (exact) mass is 193 g/mol. The Balaban J connectivity index is 2.57. The molecule has 0 aliphatic rings. The molecule has 0 radical (unpaired) electrons. The molecule has 0 aromatic heterocycles. The van der Waals surface area contributed by atoms with E-state index in [2.05, 4.69) is 31.2 Å². The Morgan fingerprint density at radius 3 is 2.43 bits per heavy atom. The Hall–Kier alpha value is -0.860. The number of aliphatic hydroxyl groups excluding tert-OH is 1. The van der Waals surface area contributed by atoms with Gasteiger partial charge in [0.25, 0.3) is 0 Å². The minimum absolute atomic E-state index is 0.0630. The van der Waals surface area contributed by atoms with E-state index in [0.717, 1.165) is 24.8 Å². The summed E-state index contributed by atoms with van der Waals surface area (Å²) in [5.74, 6) is 0. The van der Waals surface area contributed by atoms with Crippen LogP contribution in [0.3, 0.4) is 0 Å². The molecule has 0 aliphatic carbocycles. The average molecular weight is 193 g/mol. The van der Waals surface area contributed by atoms with Crippen LogP contribution in [0.5, 0.6) is 0 Å². The molecule has 0 unspecified atom stereocenters. The molecule has 0 fully saturated rings. The standard InChI is InChI=1S/C12H19NO/c1-2-10-5-7-11(8-6-10)12(13)4-3-9-14/h5-8,12,14H,2-4,9,13H2,1H3/t12-/m1/s1. The van der Waals surface area contributed by atoms with Crippen LogP contribution in [0.2, 0.25) is 0 Å². The molecule has 0 saturated carbocycles. The molecule has 2 nitrogen and oxygen atoms in total. The van der Waals surface area contributed by atoms with E-state index >= 15 is 0 Å². The van der Waals surface area contributed by atoms with Crippen LogP contribution in [0, 0.1) is 0 Å². The zero-order valence-electron chi connectivity index (χ0n) is 8.74. The number of aliphatic hydroxyl groups is 1. The number of rotatable bonds is 5. The maximum atomic E-state index is 8.69. The molecule has 0 spiro atoms. The molecular weight excluding hydrogens is 174 g/mol. The van der Waals surface area contributed by atoms with Gasteiger partial charge in [0.15, 0.2) is 0 Å². The lowest BCUT2D eigenvalue weighted by atomic mass is 10.0. The van der Waals surface area contributed by atoms with Gasteiger partial charge in [0.1, 0.15) is 0 Å². The fourth-order valence-electron chi connectivity index (χ4n) is 1.48. The summed E-state index contributed by atoms with van der Waals surface area (Å²) < 4.78 is 0. The van der Waals surface area contributed by atoms with Crippen molar-refractivity contribution in [2.24, 2.45) is 5.73 Å². The summed E-state index contributed by atoms with van der Waals surface area (Å²) >= 11 is 0. The number of benzene rings is 1. The Bertz CT molecular complexity index is 256. The van der Waals surface area contributed by atoms with Crippen molar-refractivity contribution in [2.75, 3.05) is 6.61 Å². The Morgan fingerprint density at radius 1 is 1.29 bits per heavy atom. The average Bonchev–Trinajstić information content (AvgIpc) is 2.26. The topological polar surface area (TPSA) is 46.2 Å². The molecule has 1 aromatic carbocycles. The lowest BCUT2D eigenvalue weighted by Crippen LogP contribution is -2.10. The van der Waals surface area contributed by atoms with Crippen LogP contribution >= 0.6 is 0 Å². The summed E-state index contributed by atoms with van der Waals surface area (Å²) in [5, 5.41) is 8.69. The number of nitrogens with two attached hydrogens (primary N) is 1. The largest absolute Gasteiger partial charge is 0.396 e. The van der Waals surface area contributed by atoms with Crippen LogP contribution in [0.1, 0.15) is 36.9 Å². The van der Waals surface area contributed by atoms with Crippen molar-refractivity contribution < 1.29 is 5.11 Å². The lowest BCUT2D eigenvalue weighted by molar-refractivity contribution is 0.280. The number of hydrogen-bond donors (Lipinski definition) is 2. The van der Waals surface area contributed by atoms with Crippen molar-refractivity contribution in [3.63, 3.8) is 0 Å². The van der Waals surface area contributed by atoms with Crippen molar-refractivity contribution in [3.05, 3.63) is 35.4 Å². The molecule has 78 valence electrons. The molecule has 3 N–H and O–H groups in total. The van der Waals surface area contributed by atoms with Crippen molar-refractivity contribution in [1.82, 2.24) is 0 Å². The van der Waals surface area contributed by atoms with Gasteiger partial charge in [0.05, 0.1) is 0 Å². The fraction of sp³-hybridized carbons (Fsp3) is 0.500. The highest BCUT2D eigenvalue weighted by Crippen LogP contribution is 2.16. The summed E-state index contributed by atoms with van der Waals surface area (Å²) in [6, 6.07) is 8.47. The van der Waals surface area contributed by atoms with Gasteiger partial charge in [-0.1, -0.05) is 31.2 Å². The maximum Gasteiger partial charge on any atom is 0.0431 e. The summed E-state index contributed by atoms with van der Waals surface area (Å²) in [5.41, 5.74) is 8.46. The van der Waals surface area contributed by atoms with Gasteiger partial charge in [-0.05, 0) is 30.4 Å². The third-order valence-electron chi connectivity index (χ3n) is 2.49. The molecule has 14 heavy (non-hydrogen) atoms. The van der Waals surface area contributed by atoms with Gasteiger partial charge < -0.3 is 10.8 Å². The van der Waals surface area contributed by atoms with Gasteiger partial charge in [0, 0.05) is 12.6 Å². The fourth-order valence-corrected chi connectivity index (χ4v) is 1.48. The van der Waals surface area contributed by atoms with Crippen LogP contribution in [-0.4, -0.2) is 11.7 Å². The van der Waals surface area contributed by atoms with E-state index in [1.807, 2.05) is 0 Å². The van der Waals surface area contributed by atoms with E-state index in [-0.39, 0.29) is 12.6 Å². The normalized spacial score (nSPS) is 12.8. The van der Waals surface area contributed by atoms with Gasteiger partial charge in [-0.3, -0.25) is 0 Å². The highest BCUT2D eigenvalue weighted by Gasteiger charge is 2.04. The summed E-state index contributed by atoms with van der Waals surface area (Å²) in [4.78, 5) is 0. The number of hydrogen-bond acceptors (Lipinski definition) is 2. The van der Waals surface area contributed by atoms with Crippen LogP contribution in [0.15, 0.2) is 24.3 Å². The first kappa shape index (κ1) is 11.2. The molecule has 1 atom stereocenters. The van der Waals surface area contributed by atoms with Gasteiger partial charge in [0.2, 0.25) is 0 Å². The quantitative estimate of drug-likeness (QED) is 0.751. The van der Waals surface area contributed by atoms with E-state index < -0.39 is 0 Å². The van der Waals surface area contributed by atoms with E-state index in [1.165, 1.54) is 5.56 Å². The van der Waals surface area contributed by atoms with Gasteiger partial charge in [-0.25, -0.2) is 0 Å². The van der Waals surface area contributed by atoms with Crippen LogP contribution in [0.4, 0.5) is 0 Å². The first-order chi connectivity index (χ1) is 6.77. The minimum atomic E-state index is 0.0630. The predicted molar refractivity (Wildman–Crippen MR) is 59.1 cm³/mol. The van der Waals surface area contributed by atoms with Crippen molar-refractivity contribution in [1.29, 1.82) is 0 Å². The van der Waals surface area contributed by atoms with E-state index in [1.54, 1.807) is 0 Å². The molecule has 0 bridgehead atoms. The van der Waals surface area contributed by atoms with Crippen molar-refractivity contribution in [2.45, 2.75) is 32.2 Å². The molecule has 0 heterocycles. The molecule has 0 aliphatic heterocycles. The SMILES string of the molecule is CCc1ccc([C@H](N)CCCO)cc1. The van der Waals surface area contributed by atoms with Crippen molar-refractivity contribution in [3.8, 4) is 0 Å². The Morgan fingerprint density at radius 2 is 1.93 bits per heavy atom. The minimum Gasteiger partial charge on any atom is -0.396 e. The molecule has 0 saturated heterocycles.